The Bertz CT molecular complexity index is 866. The molecule has 1 amide bonds. The van der Waals surface area contributed by atoms with E-state index < -0.39 is 0 Å². The number of rotatable bonds is 4. The second-order valence-electron chi connectivity index (χ2n) is 7.64. The van der Waals surface area contributed by atoms with Crippen molar-refractivity contribution in [1.29, 1.82) is 0 Å². The zero-order valence-corrected chi connectivity index (χ0v) is 16.5. The van der Waals surface area contributed by atoms with Crippen molar-refractivity contribution in [3.63, 3.8) is 0 Å². The number of carbonyl (C=O) groups is 1. The number of hydrogen-bond acceptors (Lipinski definition) is 4. The van der Waals surface area contributed by atoms with Crippen molar-refractivity contribution in [2.45, 2.75) is 38.6 Å². The number of amides is 1. The van der Waals surface area contributed by atoms with Crippen molar-refractivity contribution in [3.05, 3.63) is 63.3 Å². The molecule has 2 heterocycles. The molecule has 1 aromatic heterocycles. The van der Waals surface area contributed by atoms with Gasteiger partial charge in [-0.1, -0.05) is 29.8 Å². The minimum absolute atomic E-state index is 0.108. The molecule has 1 N–H and O–H groups in total. The highest BCUT2D eigenvalue weighted by molar-refractivity contribution is 5.83. The number of benzene rings is 1. The van der Waals surface area contributed by atoms with Gasteiger partial charge in [-0.2, -0.15) is 0 Å². The molecule has 0 radical (unpaired) electrons. The number of aromatic amines is 1. The van der Waals surface area contributed by atoms with Crippen LogP contribution in [0.2, 0.25) is 0 Å². The summed E-state index contributed by atoms with van der Waals surface area (Å²) in [5.41, 5.74) is 2.91. The quantitative estimate of drug-likeness (QED) is 0.900. The normalized spacial score (nSPS) is 16.6. The highest BCUT2D eigenvalue weighted by Gasteiger charge is 2.31. The van der Waals surface area contributed by atoms with Gasteiger partial charge in [-0.05, 0) is 46.3 Å². The van der Waals surface area contributed by atoms with Crippen LogP contribution in [0.5, 0.6) is 0 Å². The predicted octanol–water partition coefficient (Wildman–Crippen LogP) is 2.40. The van der Waals surface area contributed by atoms with Crippen LogP contribution in [0.25, 0.3) is 0 Å². The number of aryl methyl sites for hydroxylation is 2. The van der Waals surface area contributed by atoms with Crippen LogP contribution in [-0.4, -0.2) is 52.9 Å². The van der Waals surface area contributed by atoms with E-state index in [1.807, 2.05) is 49.0 Å². The van der Waals surface area contributed by atoms with Gasteiger partial charge in [0.1, 0.15) is 11.9 Å². The first kappa shape index (κ1) is 19.3. The van der Waals surface area contributed by atoms with Crippen molar-refractivity contribution in [2.24, 2.45) is 0 Å². The SMILES string of the molecule is Cc1cccc(C(C(=O)N2CCC(c3cc(=O)[nH]c(C)n3)CC2)N(C)C)c1. The third kappa shape index (κ3) is 4.45. The molecule has 0 saturated carbocycles. The number of nitrogens with zero attached hydrogens (tertiary/aromatic N) is 3. The first-order chi connectivity index (χ1) is 12.8. The molecule has 144 valence electrons. The lowest BCUT2D eigenvalue weighted by Crippen LogP contribution is -2.44. The molecular formula is C21H28N4O2. The summed E-state index contributed by atoms with van der Waals surface area (Å²) in [5, 5.41) is 0. The van der Waals surface area contributed by atoms with Crippen molar-refractivity contribution in [1.82, 2.24) is 19.8 Å². The van der Waals surface area contributed by atoms with Crippen LogP contribution in [0.3, 0.4) is 0 Å². The molecule has 2 aromatic rings. The summed E-state index contributed by atoms with van der Waals surface area (Å²) in [6.45, 7) is 5.22. The Hall–Kier alpha value is -2.47. The summed E-state index contributed by atoms with van der Waals surface area (Å²) in [6.07, 6.45) is 1.66. The molecule has 1 fully saturated rings. The van der Waals surface area contributed by atoms with Gasteiger partial charge in [0.15, 0.2) is 0 Å². The van der Waals surface area contributed by atoms with Gasteiger partial charge in [-0.15, -0.1) is 0 Å². The third-order valence-corrected chi connectivity index (χ3v) is 5.21. The molecule has 6 heteroatoms. The summed E-state index contributed by atoms with van der Waals surface area (Å²) >= 11 is 0. The molecule has 27 heavy (non-hydrogen) atoms. The van der Waals surface area contributed by atoms with Gasteiger partial charge < -0.3 is 9.88 Å². The van der Waals surface area contributed by atoms with Gasteiger partial charge in [-0.25, -0.2) is 4.98 Å². The van der Waals surface area contributed by atoms with Crippen LogP contribution < -0.4 is 5.56 Å². The molecular weight excluding hydrogens is 340 g/mol. The molecule has 0 aliphatic carbocycles. The standard InChI is InChI=1S/C21H28N4O2/c1-14-6-5-7-17(12-14)20(24(3)4)21(27)25-10-8-16(9-11-25)18-13-19(26)23-15(2)22-18/h5-7,12-13,16,20H,8-11H2,1-4H3,(H,22,23,26). The average molecular weight is 368 g/mol. The van der Waals surface area contributed by atoms with Gasteiger partial charge in [-0.3, -0.25) is 14.5 Å². The zero-order valence-electron chi connectivity index (χ0n) is 16.5. The van der Waals surface area contributed by atoms with E-state index in [1.54, 1.807) is 13.0 Å². The fraction of sp³-hybridized carbons (Fsp3) is 0.476. The maximum atomic E-state index is 13.2. The number of carbonyl (C=O) groups excluding carboxylic acids is 1. The molecule has 0 bridgehead atoms. The number of nitrogens with one attached hydrogen (secondary N) is 1. The zero-order chi connectivity index (χ0) is 19.6. The largest absolute Gasteiger partial charge is 0.341 e. The van der Waals surface area contributed by atoms with Gasteiger partial charge in [0.05, 0.1) is 5.69 Å². The van der Waals surface area contributed by atoms with Crippen molar-refractivity contribution < 1.29 is 4.79 Å². The smallest absolute Gasteiger partial charge is 0.251 e. The fourth-order valence-electron chi connectivity index (χ4n) is 3.88. The van der Waals surface area contributed by atoms with Crippen LogP contribution in [0.15, 0.2) is 35.1 Å². The summed E-state index contributed by atoms with van der Waals surface area (Å²) < 4.78 is 0. The summed E-state index contributed by atoms with van der Waals surface area (Å²) in [4.78, 5) is 36.0. The predicted molar refractivity (Wildman–Crippen MR) is 106 cm³/mol. The van der Waals surface area contributed by atoms with E-state index in [1.165, 1.54) is 0 Å². The Kier molecular flexibility index (Phi) is 5.75. The van der Waals surface area contributed by atoms with Gasteiger partial charge in [0.2, 0.25) is 5.91 Å². The van der Waals surface area contributed by atoms with E-state index in [2.05, 4.69) is 16.0 Å². The van der Waals surface area contributed by atoms with Crippen LogP contribution in [0.4, 0.5) is 0 Å². The van der Waals surface area contributed by atoms with E-state index >= 15 is 0 Å². The van der Waals surface area contributed by atoms with Crippen molar-refractivity contribution >= 4 is 5.91 Å². The van der Waals surface area contributed by atoms with E-state index in [9.17, 15) is 9.59 Å². The van der Waals surface area contributed by atoms with Gasteiger partial charge >= 0.3 is 0 Å². The Balaban J connectivity index is 1.72. The minimum Gasteiger partial charge on any atom is -0.341 e. The molecule has 1 saturated heterocycles. The summed E-state index contributed by atoms with van der Waals surface area (Å²) in [5.74, 6) is 1.01. The maximum Gasteiger partial charge on any atom is 0.251 e. The van der Waals surface area contributed by atoms with Crippen LogP contribution in [0.1, 0.15) is 47.4 Å². The molecule has 6 nitrogen and oxygen atoms in total. The van der Waals surface area contributed by atoms with E-state index in [0.717, 1.165) is 29.7 Å². The lowest BCUT2D eigenvalue weighted by atomic mass is 9.92. The van der Waals surface area contributed by atoms with Crippen molar-refractivity contribution in [2.75, 3.05) is 27.2 Å². The number of likely N-dealkylation sites (N-methyl/N-ethyl adjacent to an activating group) is 1. The lowest BCUT2D eigenvalue weighted by molar-refractivity contribution is -0.137. The highest BCUT2D eigenvalue weighted by atomic mass is 16.2. The molecule has 0 spiro atoms. The molecule has 1 unspecified atom stereocenters. The Morgan fingerprint density at radius 1 is 1.22 bits per heavy atom. The highest BCUT2D eigenvalue weighted by Crippen LogP contribution is 2.29. The second-order valence-corrected chi connectivity index (χ2v) is 7.64. The first-order valence-corrected chi connectivity index (χ1v) is 9.45. The number of H-pyrrole nitrogens is 1. The lowest BCUT2D eigenvalue weighted by Gasteiger charge is -2.36. The Morgan fingerprint density at radius 3 is 2.52 bits per heavy atom. The molecule has 1 aromatic carbocycles. The third-order valence-electron chi connectivity index (χ3n) is 5.21. The monoisotopic (exact) mass is 368 g/mol. The van der Waals surface area contributed by atoms with Gasteiger partial charge in [0.25, 0.3) is 5.56 Å². The molecule has 1 aliphatic heterocycles. The Labute approximate surface area is 160 Å². The minimum atomic E-state index is -0.276. The van der Waals surface area contributed by atoms with E-state index in [-0.39, 0.29) is 23.4 Å². The topological polar surface area (TPSA) is 69.3 Å². The molecule has 1 atom stereocenters. The van der Waals surface area contributed by atoms with Crippen LogP contribution >= 0.6 is 0 Å². The maximum absolute atomic E-state index is 13.2. The number of likely N-dealkylation sites (tertiary alicyclic amines) is 1. The summed E-state index contributed by atoms with van der Waals surface area (Å²) in [7, 11) is 3.89. The number of aromatic nitrogens is 2. The van der Waals surface area contributed by atoms with Crippen molar-refractivity contribution in [3.8, 4) is 0 Å². The van der Waals surface area contributed by atoms with Crippen LogP contribution in [0, 0.1) is 13.8 Å². The second kappa shape index (κ2) is 8.05. The molecule has 3 rings (SSSR count). The molecule has 1 aliphatic rings. The van der Waals surface area contributed by atoms with E-state index in [0.29, 0.717) is 18.9 Å². The van der Waals surface area contributed by atoms with E-state index in [4.69, 9.17) is 0 Å². The first-order valence-electron chi connectivity index (χ1n) is 9.45. The number of hydrogen-bond donors (Lipinski definition) is 1. The van der Waals surface area contributed by atoms with Gasteiger partial charge in [0, 0.05) is 25.1 Å². The fourth-order valence-corrected chi connectivity index (χ4v) is 3.88. The average Bonchev–Trinajstić information content (AvgIpc) is 2.61. The number of piperidine rings is 1. The summed E-state index contributed by atoms with van der Waals surface area (Å²) in [6, 6.07) is 9.46. The van der Waals surface area contributed by atoms with Crippen LogP contribution in [-0.2, 0) is 4.79 Å². The Morgan fingerprint density at radius 2 is 1.93 bits per heavy atom.